The van der Waals surface area contributed by atoms with Crippen molar-refractivity contribution in [3.63, 3.8) is 0 Å². The molecule has 17 heavy (non-hydrogen) atoms. The molecule has 1 aliphatic heterocycles. The van der Waals surface area contributed by atoms with Crippen molar-refractivity contribution in [1.29, 1.82) is 0 Å². The summed E-state index contributed by atoms with van der Waals surface area (Å²) in [4.78, 5) is 0. The second-order valence-electron chi connectivity index (χ2n) is 4.77. The minimum Gasteiger partial charge on any atom is -0.370 e. The van der Waals surface area contributed by atoms with Crippen LogP contribution in [0.5, 0.6) is 0 Å². The van der Waals surface area contributed by atoms with E-state index in [1.807, 2.05) is 0 Å². The molecule has 0 aliphatic carbocycles. The molecule has 1 aromatic rings. The first-order valence-electron chi connectivity index (χ1n) is 5.86. The highest BCUT2D eigenvalue weighted by molar-refractivity contribution is 5.21. The summed E-state index contributed by atoms with van der Waals surface area (Å²) in [6.07, 6.45) is 0.766. The molecule has 0 saturated carbocycles. The highest BCUT2D eigenvalue weighted by atomic mass is 19.2. The minimum absolute atomic E-state index is 0.0188. The molecule has 1 aromatic carbocycles. The number of ether oxygens (including phenoxy) is 1. The van der Waals surface area contributed by atoms with Gasteiger partial charge in [0.25, 0.3) is 0 Å². The molecule has 1 saturated heterocycles. The molecular weight excluding hydrogens is 224 g/mol. The zero-order valence-electron chi connectivity index (χ0n) is 10.1. The van der Waals surface area contributed by atoms with Crippen molar-refractivity contribution < 1.29 is 13.5 Å². The maximum atomic E-state index is 13.1. The quantitative estimate of drug-likeness (QED) is 0.859. The van der Waals surface area contributed by atoms with Gasteiger partial charge in [-0.15, -0.1) is 0 Å². The lowest BCUT2D eigenvalue weighted by Gasteiger charge is -2.38. The van der Waals surface area contributed by atoms with Crippen molar-refractivity contribution in [3.8, 4) is 0 Å². The van der Waals surface area contributed by atoms with E-state index in [4.69, 9.17) is 4.74 Å². The van der Waals surface area contributed by atoms with Crippen molar-refractivity contribution in [1.82, 2.24) is 5.32 Å². The Hall–Kier alpha value is -1.00. The van der Waals surface area contributed by atoms with E-state index in [1.54, 1.807) is 6.07 Å². The zero-order valence-corrected chi connectivity index (χ0v) is 10.1. The molecule has 1 aliphatic rings. The average Bonchev–Trinajstić information content (AvgIpc) is 2.34. The van der Waals surface area contributed by atoms with E-state index in [0.717, 1.165) is 12.5 Å². The van der Waals surface area contributed by atoms with Crippen LogP contribution in [0.25, 0.3) is 0 Å². The highest BCUT2D eigenvalue weighted by Gasteiger charge is 2.30. The lowest BCUT2D eigenvalue weighted by molar-refractivity contribution is -0.0300. The van der Waals surface area contributed by atoms with Crippen LogP contribution in [0.1, 0.15) is 31.9 Å². The molecule has 0 amide bonds. The van der Waals surface area contributed by atoms with Crippen LogP contribution in [0.15, 0.2) is 18.2 Å². The lowest BCUT2D eigenvalue weighted by atomic mass is 9.96. The summed E-state index contributed by atoms with van der Waals surface area (Å²) in [6.45, 7) is 5.38. The Morgan fingerprint density at radius 1 is 1.41 bits per heavy atom. The SMILES string of the molecule is CCC1(C)COC(c2ccc(F)c(F)c2)CN1. The molecule has 0 radical (unpaired) electrons. The maximum absolute atomic E-state index is 13.1. The molecule has 2 rings (SSSR count). The maximum Gasteiger partial charge on any atom is 0.159 e. The van der Waals surface area contributed by atoms with Crippen molar-refractivity contribution in [3.05, 3.63) is 35.4 Å². The average molecular weight is 241 g/mol. The molecular formula is C13H17F2NO. The fraction of sp³-hybridized carbons (Fsp3) is 0.538. The fourth-order valence-electron chi connectivity index (χ4n) is 1.89. The highest BCUT2D eigenvalue weighted by Crippen LogP contribution is 2.26. The molecule has 2 atom stereocenters. The lowest BCUT2D eigenvalue weighted by Crippen LogP contribution is -2.52. The van der Waals surface area contributed by atoms with Gasteiger partial charge in [-0.25, -0.2) is 8.78 Å². The van der Waals surface area contributed by atoms with Crippen LogP contribution in [0, 0.1) is 11.6 Å². The van der Waals surface area contributed by atoms with Gasteiger partial charge >= 0.3 is 0 Å². The van der Waals surface area contributed by atoms with Crippen LogP contribution in [0.3, 0.4) is 0 Å². The van der Waals surface area contributed by atoms with Crippen LogP contribution < -0.4 is 5.32 Å². The third kappa shape index (κ3) is 2.64. The topological polar surface area (TPSA) is 21.3 Å². The molecule has 0 spiro atoms. The molecule has 1 heterocycles. The van der Waals surface area contributed by atoms with Crippen molar-refractivity contribution >= 4 is 0 Å². The number of halogens is 2. The summed E-state index contributed by atoms with van der Waals surface area (Å²) in [6, 6.07) is 3.91. The summed E-state index contributed by atoms with van der Waals surface area (Å²) in [5, 5.41) is 3.39. The van der Waals surface area contributed by atoms with Gasteiger partial charge < -0.3 is 10.1 Å². The van der Waals surface area contributed by atoms with E-state index in [1.165, 1.54) is 6.07 Å². The zero-order chi connectivity index (χ0) is 12.5. The Bertz CT molecular complexity index is 400. The minimum atomic E-state index is -0.824. The summed E-state index contributed by atoms with van der Waals surface area (Å²) in [5.41, 5.74) is 0.657. The van der Waals surface area contributed by atoms with Gasteiger partial charge in [-0.05, 0) is 31.0 Å². The third-order valence-electron chi connectivity index (χ3n) is 3.41. The molecule has 1 fully saturated rings. The first-order valence-corrected chi connectivity index (χ1v) is 5.86. The normalized spacial score (nSPS) is 29.3. The number of hydrogen-bond donors (Lipinski definition) is 1. The largest absolute Gasteiger partial charge is 0.370 e. The summed E-state index contributed by atoms with van der Waals surface area (Å²) in [7, 11) is 0. The predicted octanol–water partition coefficient (Wildman–Crippen LogP) is 2.79. The van der Waals surface area contributed by atoms with Crippen LogP contribution >= 0.6 is 0 Å². The molecule has 2 nitrogen and oxygen atoms in total. The summed E-state index contributed by atoms with van der Waals surface area (Å²) < 4.78 is 31.6. The molecule has 1 N–H and O–H groups in total. The van der Waals surface area contributed by atoms with Gasteiger partial charge in [0.2, 0.25) is 0 Å². The Morgan fingerprint density at radius 2 is 2.18 bits per heavy atom. The van der Waals surface area contributed by atoms with Gasteiger partial charge in [-0.2, -0.15) is 0 Å². The smallest absolute Gasteiger partial charge is 0.159 e. The summed E-state index contributed by atoms with van der Waals surface area (Å²) in [5.74, 6) is -1.65. The Morgan fingerprint density at radius 3 is 2.71 bits per heavy atom. The molecule has 4 heteroatoms. The second-order valence-corrected chi connectivity index (χ2v) is 4.77. The van der Waals surface area contributed by atoms with Gasteiger partial charge in [0.15, 0.2) is 11.6 Å². The number of morpholine rings is 1. The van der Waals surface area contributed by atoms with Crippen LogP contribution in [0.2, 0.25) is 0 Å². The monoisotopic (exact) mass is 241 g/mol. The standard InChI is InChI=1S/C13H17F2NO/c1-3-13(2)8-17-12(7-16-13)9-4-5-10(14)11(15)6-9/h4-6,12,16H,3,7-8H2,1-2H3. The van der Waals surface area contributed by atoms with Crippen LogP contribution in [-0.2, 0) is 4.74 Å². The molecule has 94 valence electrons. The number of hydrogen-bond acceptors (Lipinski definition) is 2. The molecule has 0 bridgehead atoms. The Balaban J connectivity index is 2.08. The van der Waals surface area contributed by atoms with E-state index in [-0.39, 0.29) is 11.6 Å². The van der Waals surface area contributed by atoms with E-state index in [2.05, 4.69) is 19.2 Å². The van der Waals surface area contributed by atoms with Crippen LogP contribution in [-0.4, -0.2) is 18.7 Å². The van der Waals surface area contributed by atoms with E-state index in [0.29, 0.717) is 18.7 Å². The van der Waals surface area contributed by atoms with Gasteiger partial charge in [0.1, 0.15) is 0 Å². The summed E-state index contributed by atoms with van der Waals surface area (Å²) >= 11 is 0. The van der Waals surface area contributed by atoms with Gasteiger partial charge in [0, 0.05) is 12.1 Å². The number of rotatable bonds is 2. The van der Waals surface area contributed by atoms with E-state index >= 15 is 0 Å². The fourth-order valence-corrected chi connectivity index (χ4v) is 1.89. The van der Waals surface area contributed by atoms with Crippen molar-refractivity contribution in [2.75, 3.05) is 13.2 Å². The second kappa shape index (κ2) is 4.70. The van der Waals surface area contributed by atoms with Crippen molar-refractivity contribution in [2.45, 2.75) is 31.9 Å². The van der Waals surface area contributed by atoms with Crippen molar-refractivity contribution in [2.24, 2.45) is 0 Å². The number of benzene rings is 1. The van der Waals surface area contributed by atoms with E-state index < -0.39 is 11.6 Å². The Kier molecular flexibility index (Phi) is 3.45. The van der Waals surface area contributed by atoms with Gasteiger partial charge in [0.05, 0.1) is 12.7 Å². The van der Waals surface area contributed by atoms with Crippen LogP contribution in [0.4, 0.5) is 8.78 Å². The molecule has 2 unspecified atom stereocenters. The van der Waals surface area contributed by atoms with Gasteiger partial charge in [-0.1, -0.05) is 13.0 Å². The first-order chi connectivity index (χ1) is 8.04. The predicted molar refractivity (Wildman–Crippen MR) is 61.7 cm³/mol. The Labute approximate surface area is 100.0 Å². The van der Waals surface area contributed by atoms with Gasteiger partial charge in [-0.3, -0.25) is 0 Å². The number of nitrogens with one attached hydrogen (secondary N) is 1. The third-order valence-corrected chi connectivity index (χ3v) is 3.41. The first kappa shape index (κ1) is 12.5. The molecule has 0 aromatic heterocycles. The van der Waals surface area contributed by atoms with E-state index in [9.17, 15) is 8.78 Å².